The second kappa shape index (κ2) is 6.07. The normalized spacial score (nSPS) is 50.2. The first-order valence-electron chi connectivity index (χ1n) is 9.04. The highest BCUT2D eigenvalue weighted by atomic mass is 35.5. The summed E-state index contributed by atoms with van der Waals surface area (Å²) >= 11 is 39.9. The van der Waals surface area contributed by atoms with Gasteiger partial charge in [-0.1, -0.05) is 59.7 Å². The lowest BCUT2D eigenvalue weighted by atomic mass is 9.65. The largest absolute Gasteiger partial charge is 0.373 e. The number of amides is 2. The minimum atomic E-state index is -1.71. The molecule has 5 nitrogen and oxygen atoms in total. The van der Waals surface area contributed by atoms with Crippen molar-refractivity contribution in [2.45, 2.75) is 46.1 Å². The van der Waals surface area contributed by atoms with E-state index >= 15 is 0 Å². The summed E-state index contributed by atoms with van der Waals surface area (Å²) in [6.07, 6.45) is 0.197. The van der Waals surface area contributed by atoms with Crippen molar-refractivity contribution in [1.29, 1.82) is 0 Å². The molecule has 3 aliphatic heterocycles. The Bertz CT molecular complexity index is 776. The maximum absolute atomic E-state index is 13.0. The van der Waals surface area contributed by atoms with Crippen LogP contribution in [0.2, 0.25) is 0 Å². The Balaban J connectivity index is 1.55. The molecule has 3 saturated heterocycles. The zero-order valence-corrected chi connectivity index (χ0v) is 19.0. The highest BCUT2D eigenvalue weighted by Crippen LogP contribution is 2.81. The van der Waals surface area contributed by atoms with Crippen molar-refractivity contribution in [3.63, 3.8) is 0 Å². The van der Waals surface area contributed by atoms with E-state index in [1.54, 1.807) is 0 Å². The van der Waals surface area contributed by atoms with Gasteiger partial charge in [-0.05, 0) is 6.42 Å². The van der Waals surface area contributed by atoms with Gasteiger partial charge in [0.2, 0.25) is 0 Å². The average Bonchev–Trinajstić information content (AvgIpc) is 3.34. The van der Waals surface area contributed by atoms with E-state index in [-0.39, 0.29) is 16.7 Å². The van der Waals surface area contributed by atoms with Crippen LogP contribution in [-0.2, 0) is 19.2 Å². The summed E-state index contributed by atoms with van der Waals surface area (Å²) in [4.78, 5) is 28.3. The summed E-state index contributed by atoms with van der Waals surface area (Å²) in [6.45, 7) is 2.27. The number of nitrogens with zero attached hydrogens (tertiary/aromatic N) is 1. The van der Waals surface area contributed by atoms with Gasteiger partial charge in [-0.2, -0.15) is 5.06 Å². The van der Waals surface area contributed by atoms with Crippen molar-refractivity contribution in [1.82, 2.24) is 5.06 Å². The molecule has 3 heterocycles. The number of fused-ring (bicyclic) bond motifs is 12. The fourth-order valence-electron chi connectivity index (χ4n) is 5.70. The van der Waals surface area contributed by atoms with Crippen LogP contribution in [-0.4, -0.2) is 49.8 Å². The number of allylic oxidation sites excluding steroid dienone is 2. The Kier molecular flexibility index (Phi) is 4.43. The molecule has 28 heavy (non-hydrogen) atoms. The molecule has 0 aromatic rings. The minimum Gasteiger partial charge on any atom is -0.373 e. The summed E-state index contributed by atoms with van der Waals surface area (Å²) in [7, 11) is 0. The third-order valence-corrected chi connectivity index (χ3v) is 11.1. The maximum atomic E-state index is 13.0. The van der Waals surface area contributed by atoms with Crippen molar-refractivity contribution in [2.24, 2.45) is 23.7 Å². The van der Waals surface area contributed by atoms with Crippen molar-refractivity contribution >= 4 is 81.4 Å². The molecular weight excluding hydrogens is 495 g/mol. The van der Waals surface area contributed by atoms with Crippen LogP contribution < -0.4 is 0 Å². The van der Waals surface area contributed by atoms with E-state index in [1.807, 2.05) is 6.92 Å². The van der Waals surface area contributed by atoms with Crippen LogP contribution in [0.3, 0.4) is 0 Å². The Morgan fingerprint density at radius 1 is 0.964 bits per heavy atom. The van der Waals surface area contributed by atoms with Crippen LogP contribution in [0.1, 0.15) is 19.8 Å². The number of ether oxygens (including phenoxy) is 1. The molecule has 2 amide bonds. The number of hydrogen-bond acceptors (Lipinski definition) is 4. The monoisotopic (exact) mass is 507 g/mol. The zero-order chi connectivity index (χ0) is 20.4. The fourth-order valence-corrected chi connectivity index (χ4v) is 8.76. The van der Waals surface area contributed by atoms with Gasteiger partial charge in [-0.3, -0.25) is 14.4 Å². The van der Waals surface area contributed by atoms with Crippen LogP contribution >= 0.6 is 69.6 Å². The fraction of sp³-hybridized carbons (Fsp3) is 0.765. The molecule has 5 rings (SSSR count). The van der Waals surface area contributed by atoms with E-state index in [1.165, 1.54) is 0 Å². The molecule has 2 aliphatic carbocycles. The van der Waals surface area contributed by atoms with E-state index in [2.05, 4.69) is 0 Å². The van der Waals surface area contributed by atoms with Crippen molar-refractivity contribution in [2.75, 3.05) is 6.61 Å². The van der Waals surface area contributed by atoms with E-state index < -0.39 is 61.8 Å². The standard InChI is InChI=1S/C17H15Cl6NO4/c1-2-3-4-27-24-13(25)5-6(14(24)26)10-8-7(9(5)28-10)15(20)11(18)12(19)16(8,21)17(15,22)23/h5-10H,2-4H2,1H3/t5-,6-,7+,8+,9-,10-,15+,16+/m1/s1. The summed E-state index contributed by atoms with van der Waals surface area (Å²) in [5.74, 6) is -3.47. The van der Waals surface area contributed by atoms with Gasteiger partial charge in [0.25, 0.3) is 11.8 Å². The molecule has 5 aliphatic rings. The van der Waals surface area contributed by atoms with Crippen LogP contribution in [0.5, 0.6) is 0 Å². The molecule has 0 aromatic carbocycles. The lowest BCUT2D eigenvalue weighted by Crippen LogP contribution is -2.50. The minimum absolute atomic E-state index is 0.0672. The number of alkyl halides is 4. The molecule has 1 saturated carbocycles. The van der Waals surface area contributed by atoms with Crippen LogP contribution in [0.4, 0.5) is 0 Å². The van der Waals surface area contributed by atoms with Crippen molar-refractivity contribution < 1.29 is 19.2 Å². The SMILES string of the molecule is CCCCON1C(=O)[C@H]2[C@H]3O[C@H]([C@@H]2C1=O)[C@@H]1[C@@H]3[C@]2(Cl)C(Cl)=C(Cl)[C@]1(Cl)C2(Cl)Cl. The van der Waals surface area contributed by atoms with Crippen molar-refractivity contribution in [3.8, 4) is 0 Å². The first-order valence-corrected chi connectivity index (χ1v) is 11.3. The molecule has 0 N–H and O–H groups in total. The predicted molar refractivity (Wildman–Crippen MR) is 106 cm³/mol. The first-order chi connectivity index (χ1) is 13.1. The Hall–Kier alpha value is 0.540. The van der Waals surface area contributed by atoms with Gasteiger partial charge in [0.05, 0.1) is 40.7 Å². The highest BCUT2D eigenvalue weighted by Gasteiger charge is 2.90. The number of imide groups is 1. The summed E-state index contributed by atoms with van der Waals surface area (Å²) in [5.41, 5.74) is 0. The molecule has 11 heteroatoms. The van der Waals surface area contributed by atoms with Gasteiger partial charge in [0.15, 0.2) is 4.33 Å². The van der Waals surface area contributed by atoms with E-state index in [9.17, 15) is 9.59 Å². The van der Waals surface area contributed by atoms with Crippen LogP contribution in [0.25, 0.3) is 0 Å². The second-order valence-electron chi connectivity index (χ2n) is 7.95. The molecular formula is C17H15Cl6NO4. The lowest BCUT2D eigenvalue weighted by Gasteiger charge is -2.39. The number of unbranched alkanes of at least 4 members (excludes halogenated alkanes) is 1. The lowest BCUT2D eigenvalue weighted by molar-refractivity contribution is -0.192. The maximum Gasteiger partial charge on any atom is 0.260 e. The van der Waals surface area contributed by atoms with Crippen LogP contribution in [0, 0.1) is 23.7 Å². The summed E-state index contributed by atoms with van der Waals surface area (Å²) < 4.78 is 4.35. The van der Waals surface area contributed by atoms with Crippen molar-refractivity contribution in [3.05, 3.63) is 10.1 Å². The van der Waals surface area contributed by atoms with Gasteiger partial charge < -0.3 is 4.74 Å². The smallest absolute Gasteiger partial charge is 0.260 e. The summed E-state index contributed by atoms with van der Waals surface area (Å²) in [5, 5.41) is 0.999. The molecule has 0 radical (unpaired) electrons. The Labute approximate surface area is 191 Å². The Morgan fingerprint density at radius 3 is 1.86 bits per heavy atom. The third kappa shape index (κ3) is 1.90. The molecule has 0 aromatic heterocycles. The topological polar surface area (TPSA) is 55.8 Å². The third-order valence-electron chi connectivity index (χ3n) is 6.86. The molecule has 4 bridgehead atoms. The average molecular weight is 510 g/mol. The van der Waals surface area contributed by atoms with Gasteiger partial charge in [0, 0.05) is 11.8 Å². The quantitative estimate of drug-likeness (QED) is 0.324. The highest BCUT2D eigenvalue weighted by molar-refractivity contribution is 6.65. The van der Waals surface area contributed by atoms with E-state index in [0.717, 1.165) is 17.9 Å². The number of hydroxylamine groups is 2. The number of rotatable bonds is 4. The van der Waals surface area contributed by atoms with Gasteiger partial charge in [-0.25, -0.2) is 0 Å². The van der Waals surface area contributed by atoms with E-state index in [4.69, 9.17) is 79.2 Å². The Morgan fingerprint density at radius 2 is 1.43 bits per heavy atom. The summed E-state index contributed by atoms with van der Waals surface area (Å²) in [6, 6.07) is 0. The van der Waals surface area contributed by atoms with Gasteiger partial charge in [0.1, 0.15) is 9.75 Å². The van der Waals surface area contributed by atoms with E-state index in [0.29, 0.717) is 0 Å². The molecule has 0 unspecified atom stereocenters. The number of carbonyl (C=O) groups excluding carboxylic acids is 2. The second-order valence-corrected chi connectivity index (χ2v) is 11.2. The first kappa shape index (κ1) is 20.4. The molecule has 154 valence electrons. The molecule has 0 spiro atoms. The predicted octanol–water partition coefficient (Wildman–Crippen LogP) is 4.18. The van der Waals surface area contributed by atoms with Crippen LogP contribution in [0.15, 0.2) is 10.1 Å². The number of halogens is 6. The number of hydrogen-bond donors (Lipinski definition) is 0. The van der Waals surface area contributed by atoms with Gasteiger partial charge >= 0.3 is 0 Å². The molecule has 8 atom stereocenters. The number of carbonyl (C=O) groups is 2. The zero-order valence-electron chi connectivity index (χ0n) is 14.4. The molecule has 4 fully saturated rings. The van der Waals surface area contributed by atoms with Gasteiger partial charge in [-0.15, -0.1) is 23.2 Å².